The van der Waals surface area contributed by atoms with E-state index in [1.807, 2.05) is 11.8 Å². The molecule has 2 amide bonds. The molecule has 1 aromatic carbocycles. The molecule has 0 spiro atoms. The van der Waals surface area contributed by atoms with Gasteiger partial charge in [-0.15, -0.1) is 0 Å². The van der Waals surface area contributed by atoms with E-state index in [0.29, 0.717) is 24.5 Å². The Bertz CT molecular complexity index is 550. The molecule has 2 fully saturated rings. The molecule has 2 aliphatic rings. The van der Waals surface area contributed by atoms with Gasteiger partial charge in [-0.1, -0.05) is 6.07 Å². The lowest BCUT2D eigenvalue weighted by atomic mass is 9.95. The molecule has 3 rings (SSSR count). The van der Waals surface area contributed by atoms with Crippen LogP contribution in [0.1, 0.15) is 24.0 Å². The number of likely N-dealkylation sites (tertiary alicyclic amines) is 1. The quantitative estimate of drug-likeness (QED) is 0.933. The lowest BCUT2D eigenvalue weighted by molar-refractivity contribution is -0.00509. The van der Waals surface area contributed by atoms with Crippen molar-refractivity contribution in [2.24, 2.45) is 11.8 Å². The van der Waals surface area contributed by atoms with Crippen molar-refractivity contribution in [2.75, 3.05) is 20.2 Å². The molecule has 3 atom stereocenters. The number of hydrogen-bond acceptors (Lipinski definition) is 2. The van der Waals surface area contributed by atoms with Gasteiger partial charge in [0.25, 0.3) is 0 Å². The molecule has 0 aromatic heterocycles. The molecule has 1 saturated carbocycles. The van der Waals surface area contributed by atoms with Crippen LogP contribution in [-0.2, 0) is 11.3 Å². The van der Waals surface area contributed by atoms with Crippen molar-refractivity contribution in [2.45, 2.75) is 32.4 Å². The smallest absolute Gasteiger partial charge is 0.317 e. The van der Waals surface area contributed by atoms with Crippen LogP contribution in [0.5, 0.6) is 0 Å². The van der Waals surface area contributed by atoms with E-state index < -0.39 is 0 Å². The van der Waals surface area contributed by atoms with Crippen LogP contribution >= 0.6 is 0 Å². The van der Waals surface area contributed by atoms with Gasteiger partial charge in [-0.3, -0.25) is 0 Å². The molecule has 1 aromatic rings. The fourth-order valence-electron chi connectivity index (χ4n) is 3.84. The van der Waals surface area contributed by atoms with Crippen molar-refractivity contribution in [3.05, 3.63) is 35.1 Å². The van der Waals surface area contributed by atoms with Crippen LogP contribution in [0.15, 0.2) is 18.2 Å². The number of carbonyl (C=O) groups is 1. The number of hydrogen-bond donors (Lipinski definition) is 1. The van der Waals surface area contributed by atoms with Gasteiger partial charge in [-0.05, 0) is 43.0 Å². The van der Waals surface area contributed by atoms with Crippen LogP contribution in [0.4, 0.5) is 9.18 Å². The molecule has 4 nitrogen and oxygen atoms in total. The van der Waals surface area contributed by atoms with Crippen LogP contribution in [0.3, 0.4) is 0 Å². The first-order valence-corrected chi connectivity index (χ1v) is 7.89. The standard InChI is InChI=1S/C17H23FN2O2/c1-11-3-6-15(18)7-14(11)8-19-17(21)20-9-12-4-5-13(10-20)16(12)22-2/h3,6-7,12-13,16H,4-5,8-10H2,1-2H3,(H,19,21)/t12-,13+,16?. The molecule has 2 bridgehead atoms. The maximum absolute atomic E-state index is 13.3. The molecular weight excluding hydrogens is 283 g/mol. The first kappa shape index (κ1) is 15.3. The molecule has 1 N–H and O–H groups in total. The number of halogens is 1. The molecule has 1 aliphatic carbocycles. The Hall–Kier alpha value is -1.62. The summed E-state index contributed by atoms with van der Waals surface area (Å²) in [5, 5.41) is 2.92. The number of aryl methyl sites for hydroxylation is 1. The van der Waals surface area contributed by atoms with Gasteiger partial charge < -0.3 is 15.0 Å². The number of carbonyl (C=O) groups excluding carboxylic acids is 1. The van der Waals surface area contributed by atoms with Crippen LogP contribution < -0.4 is 5.32 Å². The number of piperidine rings is 1. The van der Waals surface area contributed by atoms with Crippen LogP contribution in [-0.4, -0.2) is 37.2 Å². The largest absolute Gasteiger partial charge is 0.381 e. The number of nitrogens with zero attached hydrogens (tertiary/aromatic N) is 1. The second-order valence-corrected chi connectivity index (χ2v) is 6.43. The maximum Gasteiger partial charge on any atom is 0.317 e. The third-order valence-electron chi connectivity index (χ3n) is 5.05. The van der Waals surface area contributed by atoms with Gasteiger partial charge in [-0.25, -0.2) is 9.18 Å². The van der Waals surface area contributed by atoms with Crippen LogP contribution in [0.25, 0.3) is 0 Å². The van der Waals surface area contributed by atoms with E-state index in [0.717, 1.165) is 37.1 Å². The highest BCUT2D eigenvalue weighted by molar-refractivity contribution is 5.74. The summed E-state index contributed by atoms with van der Waals surface area (Å²) in [6, 6.07) is 4.60. The molecule has 0 radical (unpaired) electrons. The number of methoxy groups -OCH3 is 1. The molecule has 5 heteroatoms. The van der Waals surface area contributed by atoms with E-state index in [1.165, 1.54) is 12.1 Å². The predicted molar refractivity (Wildman–Crippen MR) is 82.0 cm³/mol. The molecule has 1 saturated heterocycles. The highest BCUT2D eigenvalue weighted by Gasteiger charge is 2.43. The van der Waals surface area contributed by atoms with Crippen molar-refractivity contribution >= 4 is 6.03 Å². The van der Waals surface area contributed by atoms with E-state index in [-0.39, 0.29) is 11.8 Å². The highest BCUT2D eigenvalue weighted by atomic mass is 19.1. The predicted octanol–water partition coefficient (Wildman–Crippen LogP) is 2.70. The second kappa shape index (κ2) is 6.24. The van der Waals surface area contributed by atoms with Gasteiger partial charge in [0.05, 0.1) is 6.10 Å². The van der Waals surface area contributed by atoms with Crippen LogP contribution in [0, 0.1) is 24.6 Å². The maximum atomic E-state index is 13.3. The van der Waals surface area contributed by atoms with Gasteiger partial charge in [0.15, 0.2) is 0 Å². The number of urea groups is 1. The Balaban J connectivity index is 1.58. The summed E-state index contributed by atoms with van der Waals surface area (Å²) in [5.41, 5.74) is 1.81. The van der Waals surface area contributed by atoms with E-state index in [2.05, 4.69) is 5.32 Å². The first-order valence-electron chi connectivity index (χ1n) is 7.89. The summed E-state index contributed by atoms with van der Waals surface area (Å²) in [7, 11) is 1.76. The van der Waals surface area contributed by atoms with Gasteiger partial charge in [-0.2, -0.15) is 0 Å². The lowest BCUT2D eigenvalue weighted by Gasteiger charge is -2.37. The lowest BCUT2D eigenvalue weighted by Crippen LogP contribution is -2.51. The van der Waals surface area contributed by atoms with Gasteiger partial charge >= 0.3 is 6.03 Å². The summed E-state index contributed by atoms with van der Waals surface area (Å²) < 4.78 is 18.8. The number of fused-ring (bicyclic) bond motifs is 2. The van der Waals surface area contributed by atoms with Gasteiger partial charge in [0.2, 0.25) is 0 Å². The SMILES string of the molecule is COC1[C@@H]2CC[C@H]1CN(C(=O)NCc1cc(F)ccc1C)C2. The number of rotatable bonds is 3. The summed E-state index contributed by atoms with van der Waals surface area (Å²) >= 11 is 0. The minimum absolute atomic E-state index is 0.0601. The Kier molecular flexibility index (Phi) is 4.34. The summed E-state index contributed by atoms with van der Waals surface area (Å²) in [6.07, 6.45) is 2.57. The zero-order chi connectivity index (χ0) is 15.7. The summed E-state index contributed by atoms with van der Waals surface area (Å²) in [5.74, 6) is 0.629. The Morgan fingerprint density at radius 2 is 2.05 bits per heavy atom. The molecule has 120 valence electrons. The Morgan fingerprint density at radius 3 is 2.68 bits per heavy atom. The Morgan fingerprint density at radius 1 is 1.36 bits per heavy atom. The van der Waals surface area contributed by atoms with E-state index in [4.69, 9.17) is 4.74 Å². The average molecular weight is 306 g/mol. The number of amides is 2. The fraction of sp³-hybridized carbons (Fsp3) is 0.588. The molecule has 22 heavy (non-hydrogen) atoms. The number of nitrogens with one attached hydrogen (secondary N) is 1. The van der Waals surface area contributed by atoms with Gasteiger partial charge in [0.1, 0.15) is 5.82 Å². The van der Waals surface area contributed by atoms with Crippen molar-refractivity contribution < 1.29 is 13.9 Å². The number of ether oxygens (including phenoxy) is 1. The second-order valence-electron chi connectivity index (χ2n) is 6.43. The van der Waals surface area contributed by atoms with E-state index >= 15 is 0 Å². The Labute approximate surface area is 130 Å². The zero-order valence-corrected chi connectivity index (χ0v) is 13.1. The van der Waals surface area contributed by atoms with Crippen molar-refractivity contribution in [1.29, 1.82) is 0 Å². The fourth-order valence-corrected chi connectivity index (χ4v) is 3.84. The zero-order valence-electron chi connectivity index (χ0n) is 13.1. The third-order valence-corrected chi connectivity index (χ3v) is 5.05. The van der Waals surface area contributed by atoms with Crippen LogP contribution in [0.2, 0.25) is 0 Å². The molecular formula is C17H23FN2O2. The normalized spacial score (nSPS) is 27.0. The highest BCUT2D eigenvalue weighted by Crippen LogP contribution is 2.38. The summed E-state index contributed by atoms with van der Waals surface area (Å²) in [4.78, 5) is 14.2. The minimum atomic E-state index is -0.270. The van der Waals surface area contributed by atoms with E-state index in [1.54, 1.807) is 13.2 Å². The van der Waals surface area contributed by atoms with Crippen molar-refractivity contribution in [3.63, 3.8) is 0 Å². The van der Waals surface area contributed by atoms with Crippen molar-refractivity contribution in [1.82, 2.24) is 10.2 Å². The first-order chi connectivity index (χ1) is 10.6. The average Bonchev–Trinajstić information content (AvgIpc) is 2.76. The topological polar surface area (TPSA) is 41.6 Å². The van der Waals surface area contributed by atoms with Gasteiger partial charge in [0, 0.05) is 38.6 Å². The number of benzene rings is 1. The minimum Gasteiger partial charge on any atom is -0.381 e. The summed E-state index contributed by atoms with van der Waals surface area (Å²) in [6.45, 7) is 3.79. The molecule has 1 aliphatic heterocycles. The monoisotopic (exact) mass is 306 g/mol. The van der Waals surface area contributed by atoms with E-state index in [9.17, 15) is 9.18 Å². The third kappa shape index (κ3) is 2.95. The molecule has 1 unspecified atom stereocenters. The van der Waals surface area contributed by atoms with Crippen molar-refractivity contribution in [3.8, 4) is 0 Å². The molecule has 1 heterocycles.